The van der Waals surface area contributed by atoms with Crippen LogP contribution in [-0.2, 0) is 6.61 Å². The van der Waals surface area contributed by atoms with Crippen LogP contribution >= 0.6 is 0 Å². The summed E-state index contributed by atoms with van der Waals surface area (Å²) < 4.78 is 37.6. The molecule has 4 aromatic rings. The van der Waals surface area contributed by atoms with Crippen molar-refractivity contribution >= 4 is 11.6 Å². The Morgan fingerprint density at radius 2 is 1.87 bits per heavy atom. The first kappa shape index (κ1) is 19.4. The van der Waals surface area contributed by atoms with E-state index in [0.29, 0.717) is 34.3 Å². The molecular weight excluding hydrogens is 392 g/mol. The molecule has 0 atom stereocenters. The summed E-state index contributed by atoms with van der Waals surface area (Å²) in [5.41, 5.74) is 2.34. The molecule has 0 aliphatic heterocycles. The first-order valence-corrected chi connectivity index (χ1v) is 9.06. The second-order valence-corrected chi connectivity index (χ2v) is 6.57. The SMILES string of the molecule is Cc1cc(OCc2nc(-c3cccc(F)c3)no2)nc(Nc2ccc(F)c(C)c2)n1. The van der Waals surface area contributed by atoms with E-state index < -0.39 is 0 Å². The first-order valence-electron chi connectivity index (χ1n) is 9.06. The van der Waals surface area contributed by atoms with Gasteiger partial charge in [0.05, 0.1) is 0 Å². The summed E-state index contributed by atoms with van der Waals surface area (Å²) in [5.74, 6) is 0.418. The van der Waals surface area contributed by atoms with Crippen LogP contribution in [0.25, 0.3) is 11.4 Å². The Morgan fingerprint density at radius 3 is 2.67 bits per heavy atom. The fraction of sp³-hybridized carbons (Fsp3) is 0.143. The van der Waals surface area contributed by atoms with Crippen LogP contribution in [0.2, 0.25) is 0 Å². The Labute approximate surface area is 170 Å². The minimum atomic E-state index is -0.386. The summed E-state index contributed by atoms with van der Waals surface area (Å²) in [6, 6.07) is 12.2. The summed E-state index contributed by atoms with van der Waals surface area (Å²) in [4.78, 5) is 12.8. The van der Waals surface area contributed by atoms with Crippen molar-refractivity contribution in [2.45, 2.75) is 20.5 Å². The lowest BCUT2D eigenvalue weighted by Gasteiger charge is -2.09. The number of aromatic nitrogens is 4. The largest absolute Gasteiger partial charge is 0.467 e. The quantitative estimate of drug-likeness (QED) is 0.492. The van der Waals surface area contributed by atoms with Gasteiger partial charge in [0.2, 0.25) is 17.7 Å². The number of nitrogens with zero attached hydrogens (tertiary/aromatic N) is 4. The molecule has 1 N–H and O–H groups in total. The lowest BCUT2D eigenvalue weighted by Crippen LogP contribution is -2.03. The van der Waals surface area contributed by atoms with Gasteiger partial charge in [-0.2, -0.15) is 9.97 Å². The number of halogens is 2. The van der Waals surface area contributed by atoms with Gasteiger partial charge in [-0.3, -0.25) is 0 Å². The minimum Gasteiger partial charge on any atom is -0.467 e. The zero-order chi connectivity index (χ0) is 21.1. The summed E-state index contributed by atoms with van der Waals surface area (Å²) in [6.07, 6.45) is 0. The second-order valence-electron chi connectivity index (χ2n) is 6.57. The molecule has 0 radical (unpaired) electrons. The van der Waals surface area contributed by atoms with Crippen molar-refractivity contribution in [3.8, 4) is 17.3 Å². The predicted octanol–water partition coefficient (Wildman–Crippen LogP) is 4.74. The van der Waals surface area contributed by atoms with Crippen LogP contribution in [0.5, 0.6) is 5.88 Å². The van der Waals surface area contributed by atoms with E-state index in [0.717, 1.165) is 0 Å². The van der Waals surface area contributed by atoms with Gasteiger partial charge in [-0.1, -0.05) is 17.3 Å². The van der Waals surface area contributed by atoms with Crippen LogP contribution < -0.4 is 10.1 Å². The molecule has 2 heterocycles. The topological polar surface area (TPSA) is 86.0 Å². The third-order valence-corrected chi connectivity index (χ3v) is 4.14. The van der Waals surface area contributed by atoms with Crippen molar-refractivity contribution in [1.82, 2.24) is 20.1 Å². The number of ether oxygens (including phenoxy) is 1. The Bertz CT molecular complexity index is 1200. The van der Waals surface area contributed by atoms with E-state index >= 15 is 0 Å². The molecule has 2 aromatic heterocycles. The summed E-state index contributed by atoms with van der Waals surface area (Å²) >= 11 is 0. The molecule has 0 spiro atoms. The van der Waals surface area contributed by atoms with Crippen molar-refractivity contribution in [2.24, 2.45) is 0 Å². The summed E-state index contributed by atoms with van der Waals surface area (Å²) in [5, 5.41) is 6.86. The van der Waals surface area contributed by atoms with Gasteiger partial charge in [0, 0.05) is 23.0 Å². The summed E-state index contributed by atoms with van der Waals surface area (Å²) in [7, 11) is 0. The highest BCUT2D eigenvalue weighted by molar-refractivity contribution is 5.55. The van der Waals surface area contributed by atoms with Gasteiger partial charge in [0.1, 0.15) is 11.6 Å². The smallest absolute Gasteiger partial charge is 0.264 e. The van der Waals surface area contributed by atoms with Gasteiger partial charge in [-0.05, 0) is 49.7 Å². The van der Waals surface area contributed by atoms with Crippen LogP contribution in [0.15, 0.2) is 53.1 Å². The third-order valence-electron chi connectivity index (χ3n) is 4.14. The molecule has 0 fully saturated rings. The molecule has 0 unspecified atom stereocenters. The Hall–Kier alpha value is -3.88. The molecule has 7 nitrogen and oxygen atoms in total. The fourth-order valence-electron chi connectivity index (χ4n) is 2.72. The second kappa shape index (κ2) is 8.24. The van der Waals surface area contributed by atoms with E-state index in [1.807, 2.05) is 0 Å². The molecule has 0 aliphatic rings. The zero-order valence-corrected chi connectivity index (χ0v) is 16.2. The monoisotopic (exact) mass is 409 g/mol. The number of rotatable bonds is 6. The first-order chi connectivity index (χ1) is 14.5. The van der Waals surface area contributed by atoms with E-state index in [1.54, 1.807) is 44.2 Å². The van der Waals surface area contributed by atoms with E-state index in [9.17, 15) is 8.78 Å². The van der Waals surface area contributed by atoms with Crippen LogP contribution in [0.1, 0.15) is 17.1 Å². The van der Waals surface area contributed by atoms with Crippen LogP contribution in [-0.4, -0.2) is 20.1 Å². The lowest BCUT2D eigenvalue weighted by molar-refractivity contribution is 0.235. The number of benzene rings is 2. The molecule has 0 amide bonds. The number of anilines is 2. The van der Waals surface area contributed by atoms with Gasteiger partial charge in [-0.15, -0.1) is 0 Å². The molecule has 2 aromatic carbocycles. The molecular formula is C21H17F2N5O2. The Morgan fingerprint density at radius 1 is 1.00 bits per heavy atom. The molecule has 4 rings (SSSR count). The zero-order valence-electron chi connectivity index (χ0n) is 16.2. The number of hydrogen-bond donors (Lipinski definition) is 1. The molecule has 0 saturated heterocycles. The van der Waals surface area contributed by atoms with E-state index in [1.165, 1.54) is 18.2 Å². The van der Waals surface area contributed by atoms with Crippen LogP contribution in [0.3, 0.4) is 0 Å². The number of aryl methyl sites for hydroxylation is 2. The Balaban J connectivity index is 1.45. The van der Waals surface area contributed by atoms with Crippen LogP contribution in [0.4, 0.5) is 20.4 Å². The minimum absolute atomic E-state index is 0.0200. The fourth-order valence-corrected chi connectivity index (χ4v) is 2.72. The normalized spacial score (nSPS) is 10.8. The number of hydrogen-bond acceptors (Lipinski definition) is 7. The molecule has 0 bridgehead atoms. The lowest BCUT2D eigenvalue weighted by atomic mass is 10.2. The average molecular weight is 409 g/mol. The van der Waals surface area contributed by atoms with Crippen molar-refractivity contribution in [3.63, 3.8) is 0 Å². The van der Waals surface area contributed by atoms with Gasteiger partial charge < -0.3 is 14.6 Å². The van der Waals surface area contributed by atoms with Crippen molar-refractivity contribution in [2.75, 3.05) is 5.32 Å². The Kier molecular flexibility index (Phi) is 5.34. The third kappa shape index (κ3) is 4.57. The molecule has 30 heavy (non-hydrogen) atoms. The van der Waals surface area contributed by atoms with E-state index in [2.05, 4.69) is 25.4 Å². The standard InChI is InChI=1S/C21H17F2N5O2/c1-12-8-16(6-7-17(12)23)25-21-24-13(2)9-18(27-21)29-11-19-26-20(28-30-19)14-4-3-5-15(22)10-14/h3-10H,11H2,1-2H3,(H,24,25,27). The van der Waals surface area contributed by atoms with Gasteiger partial charge >= 0.3 is 0 Å². The van der Waals surface area contributed by atoms with E-state index in [-0.39, 0.29) is 30.0 Å². The maximum atomic E-state index is 13.4. The van der Waals surface area contributed by atoms with Gasteiger partial charge in [0.25, 0.3) is 5.89 Å². The highest BCUT2D eigenvalue weighted by Gasteiger charge is 2.11. The molecule has 152 valence electrons. The highest BCUT2D eigenvalue weighted by Crippen LogP contribution is 2.21. The van der Waals surface area contributed by atoms with Crippen molar-refractivity contribution in [1.29, 1.82) is 0 Å². The van der Waals surface area contributed by atoms with Crippen LogP contribution in [0, 0.1) is 25.5 Å². The van der Waals surface area contributed by atoms with Gasteiger partial charge in [0.15, 0.2) is 6.61 Å². The van der Waals surface area contributed by atoms with Crippen molar-refractivity contribution < 1.29 is 18.0 Å². The highest BCUT2D eigenvalue weighted by atomic mass is 19.1. The molecule has 9 heteroatoms. The molecule has 0 saturated carbocycles. The maximum Gasteiger partial charge on any atom is 0.264 e. The molecule has 0 aliphatic carbocycles. The van der Waals surface area contributed by atoms with Gasteiger partial charge in [-0.25, -0.2) is 13.8 Å². The average Bonchev–Trinajstić information content (AvgIpc) is 3.18. The van der Waals surface area contributed by atoms with E-state index in [4.69, 9.17) is 9.26 Å². The maximum absolute atomic E-state index is 13.4. The summed E-state index contributed by atoms with van der Waals surface area (Å²) in [6.45, 7) is 3.45. The predicted molar refractivity (Wildman–Crippen MR) is 105 cm³/mol. The number of nitrogens with one attached hydrogen (secondary N) is 1. The van der Waals surface area contributed by atoms with Crippen molar-refractivity contribution in [3.05, 3.63) is 77.3 Å².